The molecule has 0 amide bonds. The van der Waals surface area contributed by atoms with E-state index in [0.29, 0.717) is 13.2 Å². The molecule has 2 rings (SSSR count). The van der Waals surface area contributed by atoms with E-state index in [0.717, 1.165) is 49.5 Å². The summed E-state index contributed by atoms with van der Waals surface area (Å²) in [5, 5.41) is 0. The molecule has 0 spiro atoms. The molecule has 0 fully saturated rings. The highest BCUT2D eigenvalue weighted by molar-refractivity contribution is 5.60. The number of ether oxygens (including phenoxy) is 5. The highest BCUT2D eigenvalue weighted by Gasteiger charge is 2.24. The standard InChI is InChI=1S/C19H30O5/c1-5-7-9-20-15(4)21-10-11-22-18-16(8-6-2)14(3)12-17-19(18)24-13-23-17/h12,15H,5-11,13H2,1-4H3. The lowest BCUT2D eigenvalue weighted by molar-refractivity contribution is -0.135. The molecular formula is C19H30O5. The molecule has 136 valence electrons. The Morgan fingerprint density at radius 3 is 2.62 bits per heavy atom. The maximum atomic E-state index is 6.00. The number of benzene rings is 1. The van der Waals surface area contributed by atoms with Crippen LogP contribution in [0.4, 0.5) is 0 Å². The molecule has 0 bridgehead atoms. The maximum Gasteiger partial charge on any atom is 0.231 e. The minimum atomic E-state index is -0.210. The lowest BCUT2D eigenvalue weighted by Gasteiger charge is -2.17. The Kier molecular flexibility index (Phi) is 7.66. The predicted octanol–water partition coefficient (Wildman–Crippen LogP) is 4.23. The largest absolute Gasteiger partial charge is 0.487 e. The summed E-state index contributed by atoms with van der Waals surface area (Å²) < 4.78 is 28.3. The molecular weight excluding hydrogens is 308 g/mol. The van der Waals surface area contributed by atoms with Crippen LogP contribution in [-0.4, -0.2) is 32.9 Å². The van der Waals surface area contributed by atoms with Gasteiger partial charge in [0.1, 0.15) is 6.61 Å². The summed E-state index contributed by atoms with van der Waals surface area (Å²) in [6.07, 6.45) is 3.97. The second-order valence-electron chi connectivity index (χ2n) is 6.00. The topological polar surface area (TPSA) is 46.2 Å². The summed E-state index contributed by atoms with van der Waals surface area (Å²) in [4.78, 5) is 0. The van der Waals surface area contributed by atoms with Crippen LogP contribution in [0.1, 0.15) is 51.2 Å². The number of aryl methyl sites for hydroxylation is 1. The Hall–Kier alpha value is -1.46. The molecule has 0 aliphatic carbocycles. The summed E-state index contributed by atoms with van der Waals surface area (Å²) in [6, 6.07) is 2.03. The van der Waals surface area contributed by atoms with Gasteiger partial charge in [0.25, 0.3) is 0 Å². The Morgan fingerprint density at radius 2 is 1.88 bits per heavy atom. The lowest BCUT2D eigenvalue weighted by atomic mass is 10.0. The Bertz CT molecular complexity index is 515. The number of rotatable bonds is 11. The summed E-state index contributed by atoms with van der Waals surface area (Å²) in [6.45, 7) is 10.2. The van der Waals surface area contributed by atoms with Crippen LogP contribution in [-0.2, 0) is 15.9 Å². The van der Waals surface area contributed by atoms with E-state index < -0.39 is 0 Å². The van der Waals surface area contributed by atoms with Gasteiger partial charge in [0.15, 0.2) is 17.8 Å². The van der Waals surface area contributed by atoms with Crippen LogP contribution in [0.5, 0.6) is 17.2 Å². The fraction of sp³-hybridized carbons (Fsp3) is 0.684. The van der Waals surface area contributed by atoms with Gasteiger partial charge in [-0.1, -0.05) is 26.7 Å². The van der Waals surface area contributed by atoms with E-state index in [1.807, 2.05) is 13.0 Å². The molecule has 0 N–H and O–H groups in total. The molecule has 5 nitrogen and oxygen atoms in total. The normalized spacial score (nSPS) is 14.0. The highest BCUT2D eigenvalue weighted by atomic mass is 16.7. The van der Waals surface area contributed by atoms with E-state index in [9.17, 15) is 0 Å². The minimum Gasteiger partial charge on any atom is -0.487 e. The van der Waals surface area contributed by atoms with Crippen molar-refractivity contribution in [1.29, 1.82) is 0 Å². The van der Waals surface area contributed by atoms with E-state index in [1.54, 1.807) is 0 Å². The van der Waals surface area contributed by atoms with Crippen LogP contribution in [0, 0.1) is 6.92 Å². The number of hydrogen-bond donors (Lipinski definition) is 0. The van der Waals surface area contributed by atoms with Gasteiger partial charge in [0.2, 0.25) is 12.5 Å². The zero-order valence-electron chi connectivity index (χ0n) is 15.4. The monoisotopic (exact) mass is 338 g/mol. The van der Waals surface area contributed by atoms with Gasteiger partial charge in [-0.25, -0.2) is 0 Å². The van der Waals surface area contributed by atoms with Crippen molar-refractivity contribution in [3.63, 3.8) is 0 Å². The summed E-state index contributed by atoms with van der Waals surface area (Å²) in [5.74, 6) is 2.28. The first-order valence-electron chi connectivity index (χ1n) is 8.95. The fourth-order valence-electron chi connectivity index (χ4n) is 2.69. The minimum absolute atomic E-state index is 0.210. The van der Waals surface area contributed by atoms with Crippen LogP contribution in [0.15, 0.2) is 6.07 Å². The second-order valence-corrected chi connectivity index (χ2v) is 6.00. The fourth-order valence-corrected chi connectivity index (χ4v) is 2.69. The molecule has 5 heteroatoms. The van der Waals surface area contributed by atoms with Gasteiger partial charge >= 0.3 is 0 Å². The smallest absolute Gasteiger partial charge is 0.231 e. The van der Waals surface area contributed by atoms with Gasteiger partial charge in [-0.3, -0.25) is 0 Å². The van der Waals surface area contributed by atoms with Crippen LogP contribution in [0.3, 0.4) is 0 Å². The van der Waals surface area contributed by atoms with Crippen LogP contribution < -0.4 is 14.2 Å². The average molecular weight is 338 g/mol. The maximum absolute atomic E-state index is 6.00. The van der Waals surface area contributed by atoms with Crippen molar-refractivity contribution in [3.8, 4) is 17.2 Å². The average Bonchev–Trinajstić information content (AvgIpc) is 3.02. The Labute approximate surface area is 145 Å². The van der Waals surface area contributed by atoms with Crippen LogP contribution in [0.25, 0.3) is 0 Å². The van der Waals surface area contributed by atoms with Crippen molar-refractivity contribution in [3.05, 3.63) is 17.2 Å². The van der Waals surface area contributed by atoms with Gasteiger partial charge in [0, 0.05) is 12.2 Å². The van der Waals surface area contributed by atoms with Crippen molar-refractivity contribution in [2.45, 2.75) is 59.7 Å². The molecule has 1 aromatic carbocycles. The van der Waals surface area contributed by atoms with E-state index in [2.05, 4.69) is 20.8 Å². The SMILES string of the molecule is CCCCOC(C)OCCOc1c(CCC)c(C)cc2c1OCO2. The lowest BCUT2D eigenvalue weighted by Crippen LogP contribution is -2.18. The highest BCUT2D eigenvalue weighted by Crippen LogP contribution is 2.45. The molecule has 1 aliphatic rings. The molecule has 1 atom stereocenters. The Morgan fingerprint density at radius 1 is 1.08 bits per heavy atom. The molecule has 1 heterocycles. The number of unbranched alkanes of at least 4 members (excludes halogenated alkanes) is 1. The zero-order chi connectivity index (χ0) is 17.4. The first kappa shape index (κ1) is 18.9. The van der Waals surface area contributed by atoms with Gasteiger partial charge in [-0.15, -0.1) is 0 Å². The molecule has 24 heavy (non-hydrogen) atoms. The third kappa shape index (κ3) is 5.02. The van der Waals surface area contributed by atoms with E-state index >= 15 is 0 Å². The summed E-state index contributed by atoms with van der Waals surface area (Å²) in [7, 11) is 0. The molecule has 1 aliphatic heterocycles. The Balaban J connectivity index is 1.90. The predicted molar refractivity (Wildman–Crippen MR) is 93.1 cm³/mol. The van der Waals surface area contributed by atoms with Crippen molar-refractivity contribution < 1.29 is 23.7 Å². The third-order valence-electron chi connectivity index (χ3n) is 3.98. The molecule has 1 unspecified atom stereocenters. The van der Waals surface area contributed by atoms with Gasteiger partial charge in [-0.05, 0) is 38.3 Å². The van der Waals surface area contributed by atoms with Crippen LogP contribution >= 0.6 is 0 Å². The molecule has 1 aromatic rings. The second kappa shape index (κ2) is 9.74. The number of fused-ring (bicyclic) bond motifs is 1. The van der Waals surface area contributed by atoms with Crippen molar-refractivity contribution in [1.82, 2.24) is 0 Å². The summed E-state index contributed by atoms with van der Waals surface area (Å²) in [5.41, 5.74) is 2.36. The molecule has 0 saturated carbocycles. The van der Waals surface area contributed by atoms with Crippen LogP contribution in [0.2, 0.25) is 0 Å². The van der Waals surface area contributed by atoms with Gasteiger partial charge < -0.3 is 23.7 Å². The number of hydrogen-bond acceptors (Lipinski definition) is 5. The van der Waals surface area contributed by atoms with Gasteiger partial charge in [-0.2, -0.15) is 0 Å². The summed E-state index contributed by atoms with van der Waals surface area (Å²) >= 11 is 0. The van der Waals surface area contributed by atoms with Crippen molar-refractivity contribution >= 4 is 0 Å². The molecule has 0 aromatic heterocycles. The van der Waals surface area contributed by atoms with E-state index in [-0.39, 0.29) is 13.1 Å². The van der Waals surface area contributed by atoms with E-state index in [4.69, 9.17) is 23.7 Å². The molecule has 0 saturated heterocycles. The van der Waals surface area contributed by atoms with E-state index in [1.165, 1.54) is 11.1 Å². The first-order chi connectivity index (χ1) is 11.7. The quantitative estimate of drug-likeness (QED) is 0.446. The van der Waals surface area contributed by atoms with Gasteiger partial charge in [0.05, 0.1) is 6.61 Å². The zero-order valence-corrected chi connectivity index (χ0v) is 15.4. The third-order valence-corrected chi connectivity index (χ3v) is 3.98. The first-order valence-corrected chi connectivity index (χ1v) is 8.95. The van der Waals surface area contributed by atoms with Crippen molar-refractivity contribution in [2.24, 2.45) is 0 Å². The molecule has 0 radical (unpaired) electrons. The van der Waals surface area contributed by atoms with Crippen molar-refractivity contribution in [2.75, 3.05) is 26.6 Å².